The van der Waals surface area contributed by atoms with Gasteiger partial charge in [-0.1, -0.05) is 36.3 Å². The van der Waals surface area contributed by atoms with Gasteiger partial charge in [0.1, 0.15) is 0 Å². The quantitative estimate of drug-likeness (QED) is 0.908. The van der Waals surface area contributed by atoms with E-state index in [1.54, 1.807) is 0 Å². The second-order valence-corrected chi connectivity index (χ2v) is 5.54. The van der Waals surface area contributed by atoms with Gasteiger partial charge in [-0.05, 0) is 37.9 Å². The Morgan fingerprint density at radius 3 is 2.90 bits per heavy atom. The van der Waals surface area contributed by atoms with E-state index >= 15 is 0 Å². The summed E-state index contributed by atoms with van der Waals surface area (Å²) in [4.78, 5) is 4.65. The van der Waals surface area contributed by atoms with Gasteiger partial charge in [-0.15, -0.1) is 0 Å². The van der Waals surface area contributed by atoms with Gasteiger partial charge in [0.15, 0.2) is 5.82 Å². The van der Waals surface area contributed by atoms with E-state index in [1.807, 2.05) is 7.05 Å². The Morgan fingerprint density at radius 2 is 2.20 bits per heavy atom. The summed E-state index contributed by atoms with van der Waals surface area (Å²) in [6, 6.07) is 8.82. The van der Waals surface area contributed by atoms with Gasteiger partial charge in [-0.2, -0.15) is 4.98 Å². The number of likely N-dealkylation sites (N-methyl/N-ethyl adjacent to an activating group) is 1. The van der Waals surface area contributed by atoms with Crippen molar-refractivity contribution in [2.45, 2.75) is 44.6 Å². The highest BCUT2D eigenvalue weighted by molar-refractivity contribution is 5.43. The van der Waals surface area contributed by atoms with Crippen LogP contribution in [0.1, 0.15) is 54.9 Å². The molecule has 1 heterocycles. The Labute approximate surface area is 119 Å². The summed E-state index contributed by atoms with van der Waals surface area (Å²) in [6.07, 6.45) is 2.01. The first kappa shape index (κ1) is 13.3. The number of hydrogen-bond acceptors (Lipinski definition) is 4. The molecule has 0 fully saturated rings. The maximum atomic E-state index is 5.51. The maximum absolute atomic E-state index is 5.51. The zero-order valence-corrected chi connectivity index (χ0v) is 12.3. The highest BCUT2D eigenvalue weighted by Crippen LogP contribution is 2.39. The zero-order chi connectivity index (χ0) is 14.1. The van der Waals surface area contributed by atoms with Crippen molar-refractivity contribution < 1.29 is 4.52 Å². The Bertz CT molecular complexity index is 593. The lowest BCUT2D eigenvalue weighted by molar-refractivity contribution is 0.318. The highest BCUT2D eigenvalue weighted by atomic mass is 16.5. The summed E-state index contributed by atoms with van der Waals surface area (Å²) >= 11 is 0. The minimum Gasteiger partial charge on any atom is -0.339 e. The molecule has 0 bridgehead atoms. The van der Waals surface area contributed by atoms with Crippen molar-refractivity contribution >= 4 is 0 Å². The SMILES string of the molecule is CCC(c1nc(C2Cc3ccccc32)no1)C(C)NC. The lowest BCUT2D eigenvalue weighted by Crippen LogP contribution is -2.28. The van der Waals surface area contributed by atoms with Crippen LogP contribution >= 0.6 is 0 Å². The van der Waals surface area contributed by atoms with E-state index in [0.717, 1.165) is 24.6 Å². The van der Waals surface area contributed by atoms with Crippen molar-refractivity contribution in [2.75, 3.05) is 7.05 Å². The van der Waals surface area contributed by atoms with Gasteiger partial charge in [-0.25, -0.2) is 0 Å². The van der Waals surface area contributed by atoms with Crippen molar-refractivity contribution in [3.63, 3.8) is 0 Å². The van der Waals surface area contributed by atoms with E-state index in [1.165, 1.54) is 11.1 Å². The van der Waals surface area contributed by atoms with Gasteiger partial charge in [0.2, 0.25) is 5.89 Å². The van der Waals surface area contributed by atoms with E-state index < -0.39 is 0 Å². The topological polar surface area (TPSA) is 51.0 Å². The third-order valence-corrected chi connectivity index (χ3v) is 4.44. The predicted molar refractivity (Wildman–Crippen MR) is 77.8 cm³/mol. The molecule has 4 heteroatoms. The number of aromatic nitrogens is 2. The number of hydrogen-bond donors (Lipinski definition) is 1. The molecule has 0 amide bonds. The standard InChI is InChI=1S/C16H21N3O/c1-4-12(10(2)17-3)16-18-15(19-20-16)14-9-11-7-5-6-8-13(11)14/h5-8,10,12,14,17H,4,9H2,1-3H3. The molecule has 3 atom stereocenters. The maximum Gasteiger partial charge on any atom is 0.231 e. The summed E-state index contributed by atoms with van der Waals surface area (Å²) in [7, 11) is 1.97. The van der Waals surface area contributed by atoms with Crippen LogP contribution in [0.15, 0.2) is 28.8 Å². The molecule has 1 N–H and O–H groups in total. The van der Waals surface area contributed by atoms with Gasteiger partial charge in [-0.3, -0.25) is 0 Å². The van der Waals surface area contributed by atoms with Gasteiger partial charge in [0.25, 0.3) is 0 Å². The van der Waals surface area contributed by atoms with Crippen LogP contribution in [0.5, 0.6) is 0 Å². The van der Waals surface area contributed by atoms with E-state index in [-0.39, 0.29) is 5.92 Å². The number of rotatable bonds is 5. The van der Waals surface area contributed by atoms with Crippen LogP contribution in [0.4, 0.5) is 0 Å². The van der Waals surface area contributed by atoms with Crippen LogP contribution < -0.4 is 5.32 Å². The van der Waals surface area contributed by atoms with Crippen LogP contribution in [0.25, 0.3) is 0 Å². The van der Waals surface area contributed by atoms with Crippen LogP contribution in [-0.4, -0.2) is 23.2 Å². The zero-order valence-electron chi connectivity index (χ0n) is 12.3. The minimum atomic E-state index is 0.275. The lowest BCUT2D eigenvalue weighted by Gasteiger charge is -2.27. The summed E-state index contributed by atoms with van der Waals surface area (Å²) in [5.74, 6) is 2.18. The van der Waals surface area contributed by atoms with E-state index in [2.05, 4.69) is 53.6 Å². The first-order valence-corrected chi connectivity index (χ1v) is 7.33. The Morgan fingerprint density at radius 1 is 1.40 bits per heavy atom. The smallest absolute Gasteiger partial charge is 0.231 e. The Kier molecular flexibility index (Phi) is 3.57. The van der Waals surface area contributed by atoms with Gasteiger partial charge in [0.05, 0.1) is 11.8 Å². The first-order valence-electron chi connectivity index (χ1n) is 7.33. The van der Waals surface area contributed by atoms with Crippen LogP contribution in [-0.2, 0) is 6.42 Å². The molecular formula is C16H21N3O. The molecule has 3 rings (SSSR count). The molecule has 0 spiro atoms. The van der Waals surface area contributed by atoms with E-state index in [9.17, 15) is 0 Å². The summed E-state index contributed by atoms with van der Waals surface area (Å²) in [5, 5.41) is 7.48. The fourth-order valence-electron chi connectivity index (χ4n) is 2.97. The molecule has 1 aromatic heterocycles. The molecule has 4 nitrogen and oxygen atoms in total. The average Bonchev–Trinajstić information content (AvgIpc) is 2.90. The molecule has 0 aliphatic heterocycles. The molecule has 0 saturated carbocycles. The molecule has 1 aliphatic rings. The largest absolute Gasteiger partial charge is 0.339 e. The molecule has 0 radical (unpaired) electrons. The Balaban J connectivity index is 1.82. The predicted octanol–water partition coefficient (Wildman–Crippen LogP) is 2.86. The average molecular weight is 271 g/mol. The molecule has 0 saturated heterocycles. The number of nitrogens with one attached hydrogen (secondary N) is 1. The van der Waals surface area contributed by atoms with Crippen molar-refractivity contribution in [3.05, 3.63) is 47.1 Å². The fraction of sp³-hybridized carbons (Fsp3) is 0.500. The summed E-state index contributed by atoms with van der Waals surface area (Å²) in [5.41, 5.74) is 2.74. The van der Waals surface area contributed by atoms with E-state index in [4.69, 9.17) is 4.52 Å². The third-order valence-electron chi connectivity index (χ3n) is 4.44. The van der Waals surface area contributed by atoms with Gasteiger partial charge >= 0.3 is 0 Å². The monoisotopic (exact) mass is 271 g/mol. The number of benzene rings is 1. The van der Waals surface area contributed by atoms with Crippen molar-refractivity contribution in [2.24, 2.45) is 0 Å². The minimum absolute atomic E-state index is 0.275. The van der Waals surface area contributed by atoms with Crippen molar-refractivity contribution in [3.8, 4) is 0 Å². The molecular weight excluding hydrogens is 250 g/mol. The Hall–Kier alpha value is -1.68. The second-order valence-electron chi connectivity index (χ2n) is 5.54. The molecule has 3 unspecified atom stereocenters. The number of nitrogens with zero attached hydrogens (tertiary/aromatic N) is 2. The lowest BCUT2D eigenvalue weighted by atomic mass is 9.77. The molecule has 106 valence electrons. The van der Waals surface area contributed by atoms with E-state index in [0.29, 0.717) is 12.0 Å². The molecule has 2 aromatic rings. The molecule has 20 heavy (non-hydrogen) atoms. The second kappa shape index (κ2) is 5.37. The molecule has 1 aromatic carbocycles. The van der Waals surface area contributed by atoms with Crippen molar-refractivity contribution in [1.82, 2.24) is 15.5 Å². The van der Waals surface area contributed by atoms with Crippen LogP contribution in [0.2, 0.25) is 0 Å². The highest BCUT2D eigenvalue weighted by Gasteiger charge is 2.32. The number of fused-ring (bicyclic) bond motifs is 1. The fourth-order valence-corrected chi connectivity index (χ4v) is 2.97. The normalized spacial score (nSPS) is 20.1. The third kappa shape index (κ3) is 2.14. The van der Waals surface area contributed by atoms with Gasteiger partial charge < -0.3 is 9.84 Å². The first-order chi connectivity index (χ1) is 9.74. The summed E-state index contributed by atoms with van der Waals surface area (Å²) < 4.78 is 5.51. The van der Waals surface area contributed by atoms with Gasteiger partial charge in [0, 0.05) is 6.04 Å². The molecule has 1 aliphatic carbocycles. The summed E-state index contributed by atoms with van der Waals surface area (Å²) in [6.45, 7) is 4.30. The van der Waals surface area contributed by atoms with Crippen LogP contribution in [0.3, 0.4) is 0 Å². The van der Waals surface area contributed by atoms with Crippen molar-refractivity contribution in [1.29, 1.82) is 0 Å². The van der Waals surface area contributed by atoms with Crippen LogP contribution in [0, 0.1) is 0 Å².